The summed E-state index contributed by atoms with van der Waals surface area (Å²) < 4.78 is 9.21. The molecule has 1 aliphatic carbocycles. The Hall–Kier alpha value is -2.54. The van der Waals surface area contributed by atoms with Crippen LogP contribution in [0, 0.1) is 6.92 Å². The summed E-state index contributed by atoms with van der Waals surface area (Å²) in [5.41, 5.74) is 6.79. The smallest absolute Gasteiger partial charge is 0.222 e. The third-order valence-electron chi connectivity index (χ3n) is 5.89. The summed E-state index contributed by atoms with van der Waals surface area (Å²) in [7, 11) is 0. The van der Waals surface area contributed by atoms with Crippen LogP contribution in [0.15, 0.2) is 33.2 Å². The third-order valence-corrected chi connectivity index (χ3v) is 6.38. The average Bonchev–Trinajstić information content (AvgIpc) is 3.44. The topological polar surface area (TPSA) is 69.6 Å². The van der Waals surface area contributed by atoms with Gasteiger partial charge >= 0.3 is 0 Å². The summed E-state index contributed by atoms with van der Waals surface area (Å²) in [5.74, 6) is 2.36. The Morgan fingerprint density at radius 1 is 1.10 bits per heavy atom. The number of imidazole rings is 1. The van der Waals surface area contributed by atoms with Crippen molar-refractivity contribution in [2.75, 3.05) is 0 Å². The van der Waals surface area contributed by atoms with Crippen LogP contribution in [0.3, 0.4) is 0 Å². The van der Waals surface area contributed by atoms with Crippen LogP contribution in [-0.2, 0) is 25.7 Å². The Labute approximate surface area is 183 Å². The highest BCUT2D eigenvalue weighted by molar-refractivity contribution is 9.10. The van der Waals surface area contributed by atoms with E-state index in [0.717, 1.165) is 58.4 Å². The molecule has 3 aromatic heterocycles. The second-order valence-electron chi connectivity index (χ2n) is 7.87. The van der Waals surface area contributed by atoms with Gasteiger partial charge in [-0.2, -0.15) is 0 Å². The van der Waals surface area contributed by atoms with Crippen LogP contribution in [0.4, 0.5) is 0 Å². The summed E-state index contributed by atoms with van der Waals surface area (Å²) >= 11 is 3.61. The molecule has 1 unspecified atom stereocenters. The molecule has 7 heteroatoms. The molecule has 0 saturated carbocycles. The lowest BCUT2D eigenvalue weighted by molar-refractivity contribution is 0.461. The van der Waals surface area contributed by atoms with Gasteiger partial charge in [-0.25, -0.2) is 9.97 Å². The molecule has 0 bridgehead atoms. The zero-order valence-corrected chi connectivity index (χ0v) is 19.0. The van der Waals surface area contributed by atoms with Gasteiger partial charge in [-0.3, -0.25) is 0 Å². The van der Waals surface area contributed by atoms with Gasteiger partial charge in [-0.15, -0.1) is 10.2 Å². The maximum atomic E-state index is 5.71. The van der Waals surface area contributed by atoms with E-state index < -0.39 is 0 Å². The Morgan fingerprint density at radius 2 is 1.93 bits per heavy atom. The fourth-order valence-electron chi connectivity index (χ4n) is 4.48. The predicted octanol–water partition coefficient (Wildman–Crippen LogP) is 5.14. The highest BCUT2D eigenvalue weighted by Gasteiger charge is 2.28. The number of aryl methyl sites for hydroxylation is 4. The van der Waals surface area contributed by atoms with Gasteiger partial charge in [0.05, 0.1) is 18.2 Å². The molecule has 6 nitrogen and oxygen atoms in total. The van der Waals surface area contributed by atoms with Gasteiger partial charge in [-0.1, -0.05) is 35.8 Å². The van der Waals surface area contributed by atoms with Crippen LogP contribution in [0.1, 0.15) is 66.3 Å². The predicted molar refractivity (Wildman–Crippen MR) is 119 cm³/mol. The average molecular weight is 466 g/mol. The molecule has 1 aromatic carbocycles. The van der Waals surface area contributed by atoms with Gasteiger partial charge in [0.1, 0.15) is 11.3 Å². The number of rotatable bonds is 5. The third kappa shape index (κ3) is 3.25. The first-order valence-corrected chi connectivity index (χ1v) is 11.3. The fourth-order valence-corrected chi connectivity index (χ4v) is 4.89. The van der Waals surface area contributed by atoms with Crippen molar-refractivity contribution in [3.8, 4) is 0 Å². The van der Waals surface area contributed by atoms with Gasteiger partial charge in [-0.05, 0) is 54.7 Å². The summed E-state index contributed by atoms with van der Waals surface area (Å²) in [6.07, 6.45) is 4.28. The minimum atomic E-state index is 0.269. The molecular weight excluding hydrogens is 442 g/mol. The van der Waals surface area contributed by atoms with Gasteiger partial charge < -0.3 is 8.98 Å². The van der Waals surface area contributed by atoms with Crippen LogP contribution < -0.4 is 0 Å². The molecule has 0 saturated heterocycles. The van der Waals surface area contributed by atoms with Gasteiger partial charge in [0.25, 0.3) is 0 Å². The molecule has 0 aliphatic heterocycles. The number of hydrogen-bond acceptors (Lipinski definition) is 5. The standard InChI is InChI=1S/C23H24BrN5O/c1-4-19-26-22-13(3)10-16(12-21-28-27-20(5-2)30-21)25-23(22)29(19)18-9-6-14-11-15(24)7-8-17(14)18/h7-8,10-11,18H,4-6,9,12H2,1-3H3. The molecule has 0 spiro atoms. The molecule has 0 amide bonds. The van der Waals surface area contributed by atoms with Crippen molar-refractivity contribution < 1.29 is 4.42 Å². The van der Waals surface area contributed by atoms with Gasteiger partial charge in [0.15, 0.2) is 5.65 Å². The zero-order chi connectivity index (χ0) is 20.8. The van der Waals surface area contributed by atoms with Crippen molar-refractivity contribution in [2.45, 2.75) is 58.9 Å². The quantitative estimate of drug-likeness (QED) is 0.408. The maximum Gasteiger partial charge on any atom is 0.222 e. The monoisotopic (exact) mass is 465 g/mol. The SMILES string of the molecule is CCc1nnc(Cc2cc(C)c3nc(CC)n(C4CCc5cc(Br)ccc54)c3n2)o1. The first-order valence-electron chi connectivity index (χ1n) is 10.5. The van der Waals surface area contributed by atoms with Gasteiger partial charge in [0, 0.05) is 17.3 Å². The number of nitrogens with zero attached hydrogens (tertiary/aromatic N) is 5. The Balaban J connectivity index is 1.62. The molecule has 0 radical (unpaired) electrons. The zero-order valence-electron chi connectivity index (χ0n) is 17.4. The van der Waals surface area contributed by atoms with Crippen molar-refractivity contribution in [1.82, 2.24) is 24.7 Å². The molecule has 0 fully saturated rings. The second kappa shape index (κ2) is 7.61. The van der Waals surface area contributed by atoms with Crippen molar-refractivity contribution in [1.29, 1.82) is 0 Å². The molecule has 4 aromatic rings. The van der Waals surface area contributed by atoms with Gasteiger partial charge in [0.2, 0.25) is 11.8 Å². The number of hydrogen-bond donors (Lipinski definition) is 0. The van der Waals surface area contributed by atoms with E-state index in [1.807, 2.05) is 6.92 Å². The minimum absolute atomic E-state index is 0.269. The number of pyridine rings is 1. The number of aromatic nitrogens is 5. The van der Waals surface area contributed by atoms with Crippen LogP contribution in [-0.4, -0.2) is 24.7 Å². The van der Waals surface area contributed by atoms with E-state index in [-0.39, 0.29) is 6.04 Å². The number of fused-ring (bicyclic) bond motifs is 2. The summed E-state index contributed by atoms with van der Waals surface area (Å²) in [6.45, 7) is 6.28. The molecular formula is C23H24BrN5O. The molecule has 3 heterocycles. The molecule has 30 heavy (non-hydrogen) atoms. The number of halogens is 1. The summed E-state index contributed by atoms with van der Waals surface area (Å²) in [5, 5.41) is 8.25. The maximum absolute atomic E-state index is 5.71. The number of benzene rings is 1. The highest BCUT2D eigenvalue weighted by Crippen LogP contribution is 2.38. The van der Waals surface area contributed by atoms with E-state index in [9.17, 15) is 0 Å². The van der Waals surface area contributed by atoms with Crippen molar-refractivity contribution in [3.05, 3.63) is 68.7 Å². The minimum Gasteiger partial charge on any atom is -0.425 e. The van der Waals surface area contributed by atoms with E-state index in [1.54, 1.807) is 0 Å². The van der Waals surface area contributed by atoms with Crippen molar-refractivity contribution in [2.24, 2.45) is 0 Å². The molecule has 1 aliphatic rings. The summed E-state index contributed by atoms with van der Waals surface area (Å²) in [4.78, 5) is 10.0. The largest absolute Gasteiger partial charge is 0.425 e. The van der Waals surface area contributed by atoms with Crippen LogP contribution in [0.5, 0.6) is 0 Å². The Morgan fingerprint density at radius 3 is 2.70 bits per heavy atom. The van der Waals surface area contributed by atoms with Crippen molar-refractivity contribution >= 4 is 27.1 Å². The fraction of sp³-hybridized carbons (Fsp3) is 0.391. The molecule has 5 rings (SSSR count). The van der Waals surface area contributed by atoms with E-state index in [0.29, 0.717) is 18.2 Å². The van der Waals surface area contributed by atoms with Crippen molar-refractivity contribution in [3.63, 3.8) is 0 Å². The Kier molecular flexibility index (Phi) is 4.93. The van der Waals surface area contributed by atoms with E-state index in [1.165, 1.54) is 11.1 Å². The first kappa shape index (κ1) is 19.4. The highest BCUT2D eigenvalue weighted by atomic mass is 79.9. The molecule has 154 valence electrons. The summed E-state index contributed by atoms with van der Waals surface area (Å²) in [6, 6.07) is 8.97. The van der Waals surface area contributed by atoms with E-state index in [2.05, 4.69) is 68.8 Å². The second-order valence-corrected chi connectivity index (χ2v) is 8.79. The lowest BCUT2D eigenvalue weighted by Gasteiger charge is -2.17. The van der Waals surface area contributed by atoms with E-state index in [4.69, 9.17) is 14.4 Å². The lowest BCUT2D eigenvalue weighted by Crippen LogP contribution is -2.12. The first-order chi connectivity index (χ1) is 14.6. The van der Waals surface area contributed by atoms with Crippen LogP contribution in [0.2, 0.25) is 0 Å². The van der Waals surface area contributed by atoms with Crippen LogP contribution >= 0.6 is 15.9 Å². The molecule has 1 atom stereocenters. The Bertz CT molecular complexity index is 1240. The van der Waals surface area contributed by atoms with Crippen LogP contribution in [0.25, 0.3) is 11.2 Å². The lowest BCUT2D eigenvalue weighted by atomic mass is 10.1. The normalized spacial score (nSPS) is 15.8. The molecule has 0 N–H and O–H groups in total. The van der Waals surface area contributed by atoms with E-state index >= 15 is 0 Å².